The number of aromatic nitrogens is 2. The first kappa shape index (κ1) is 12.3. The van der Waals surface area contributed by atoms with Crippen LogP contribution in [0.25, 0.3) is 0 Å². The van der Waals surface area contributed by atoms with E-state index in [9.17, 15) is 0 Å². The molecule has 0 atom stereocenters. The lowest BCUT2D eigenvalue weighted by Crippen LogP contribution is -2.02. The molecule has 1 aromatic carbocycles. The average Bonchev–Trinajstić information content (AvgIpc) is 2.25. The normalized spacial score (nSPS) is 10.3. The number of halogens is 2. The van der Waals surface area contributed by atoms with E-state index in [2.05, 4.69) is 37.3 Å². The van der Waals surface area contributed by atoms with Crippen molar-refractivity contribution in [2.75, 3.05) is 5.32 Å². The van der Waals surface area contributed by atoms with Gasteiger partial charge in [0.05, 0.1) is 0 Å². The Hall–Kier alpha value is -1.13. The van der Waals surface area contributed by atoms with Gasteiger partial charge in [-0.2, -0.15) is 0 Å². The summed E-state index contributed by atoms with van der Waals surface area (Å²) in [6, 6.07) is 9.97. The van der Waals surface area contributed by atoms with Crippen molar-refractivity contribution in [1.82, 2.24) is 9.97 Å². The molecule has 0 unspecified atom stereocenters. The van der Waals surface area contributed by atoms with E-state index in [4.69, 9.17) is 11.6 Å². The van der Waals surface area contributed by atoms with Crippen molar-refractivity contribution in [3.05, 3.63) is 51.3 Å². The van der Waals surface area contributed by atoms with E-state index in [1.54, 1.807) is 0 Å². The summed E-state index contributed by atoms with van der Waals surface area (Å²) in [5.74, 6) is 0.738. The first-order valence-corrected chi connectivity index (χ1v) is 6.30. The summed E-state index contributed by atoms with van der Waals surface area (Å²) in [5, 5.41) is 3.48. The lowest BCUT2D eigenvalue weighted by atomic mass is 10.2. The van der Waals surface area contributed by atoms with Crippen LogP contribution in [0.3, 0.4) is 0 Å². The number of rotatable bonds is 3. The molecule has 3 nitrogen and oxygen atoms in total. The Balaban J connectivity index is 2.07. The third-order valence-corrected chi connectivity index (χ3v) is 2.85. The van der Waals surface area contributed by atoms with E-state index < -0.39 is 0 Å². The highest BCUT2D eigenvalue weighted by Gasteiger charge is 2.00. The summed E-state index contributed by atoms with van der Waals surface area (Å²) < 4.78 is 1.06. The van der Waals surface area contributed by atoms with Gasteiger partial charge in [0.25, 0.3) is 0 Å². The van der Waals surface area contributed by atoms with E-state index >= 15 is 0 Å². The Morgan fingerprint density at radius 3 is 2.82 bits per heavy atom. The van der Waals surface area contributed by atoms with Crippen LogP contribution in [0.5, 0.6) is 0 Å². The Kier molecular flexibility index (Phi) is 3.97. The molecule has 2 aromatic rings. The summed E-state index contributed by atoms with van der Waals surface area (Å²) in [5.41, 5.74) is 2.02. The molecule has 0 fully saturated rings. The van der Waals surface area contributed by atoms with Gasteiger partial charge in [-0.3, -0.25) is 0 Å². The van der Waals surface area contributed by atoms with Gasteiger partial charge in [0, 0.05) is 22.8 Å². The molecule has 0 aliphatic heterocycles. The van der Waals surface area contributed by atoms with Crippen LogP contribution in [0.15, 0.2) is 34.8 Å². The molecule has 0 bridgehead atoms. The van der Waals surface area contributed by atoms with E-state index in [1.165, 1.54) is 5.56 Å². The van der Waals surface area contributed by atoms with Crippen molar-refractivity contribution < 1.29 is 0 Å². The quantitative estimate of drug-likeness (QED) is 0.876. The molecule has 1 aromatic heterocycles. The van der Waals surface area contributed by atoms with E-state index in [0.717, 1.165) is 16.0 Å². The smallest absolute Gasteiger partial charge is 0.224 e. The molecule has 0 aliphatic rings. The Morgan fingerprint density at radius 2 is 2.12 bits per heavy atom. The summed E-state index contributed by atoms with van der Waals surface area (Å²) >= 11 is 9.22. The molecule has 2 rings (SSSR count). The molecule has 0 saturated heterocycles. The van der Waals surface area contributed by atoms with Gasteiger partial charge in [-0.15, -0.1) is 0 Å². The van der Waals surface area contributed by atoms with Crippen LogP contribution in [-0.2, 0) is 6.54 Å². The first-order chi connectivity index (χ1) is 8.13. The van der Waals surface area contributed by atoms with Crippen LogP contribution in [0.1, 0.15) is 11.3 Å². The third kappa shape index (κ3) is 3.68. The fourth-order valence-electron chi connectivity index (χ4n) is 1.46. The fraction of sp³-hybridized carbons (Fsp3) is 0.167. The highest BCUT2D eigenvalue weighted by molar-refractivity contribution is 9.10. The lowest BCUT2D eigenvalue weighted by Gasteiger charge is -2.06. The fourth-order valence-corrected chi connectivity index (χ4v) is 2.13. The first-order valence-electron chi connectivity index (χ1n) is 5.13. The molecule has 0 radical (unpaired) electrons. The van der Waals surface area contributed by atoms with Gasteiger partial charge in [-0.1, -0.05) is 28.1 Å². The standard InChI is InChI=1S/C12H11BrClN3/c1-8-5-11(17-12(14)16-8)15-7-9-3-2-4-10(13)6-9/h2-6H,7H2,1H3,(H,15,16,17). The summed E-state index contributed by atoms with van der Waals surface area (Å²) in [6.45, 7) is 2.59. The Bertz CT molecular complexity index is 511. The maximum atomic E-state index is 5.79. The van der Waals surface area contributed by atoms with Crippen LogP contribution in [0, 0.1) is 6.92 Å². The Labute approximate surface area is 113 Å². The van der Waals surface area contributed by atoms with Crippen molar-refractivity contribution in [3.63, 3.8) is 0 Å². The van der Waals surface area contributed by atoms with Crippen molar-refractivity contribution in [2.24, 2.45) is 0 Å². The topological polar surface area (TPSA) is 37.8 Å². The number of hydrogen-bond donors (Lipinski definition) is 1. The predicted molar refractivity (Wildman–Crippen MR) is 73.2 cm³/mol. The summed E-state index contributed by atoms with van der Waals surface area (Å²) in [4.78, 5) is 8.11. The van der Waals surface area contributed by atoms with E-state index in [0.29, 0.717) is 6.54 Å². The molecule has 88 valence electrons. The van der Waals surface area contributed by atoms with Crippen LogP contribution >= 0.6 is 27.5 Å². The van der Waals surface area contributed by atoms with Crippen molar-refractivity contribution in [2.45, 2.75) is 13.5 Å². The van der Waals surface area contributed by atoms with Gasteiger partial charge in [0.15, 0.2) is 0 Å². The van der Waals surface area contributed by atoms with Crippen molar-refractivity contribution >= 4 is 33.3 Å². The second-order valence-corrected chi connectivity index (χ2v) is 4.90. The van der Waals surface area contributed by atoms with Gasteiger partial charge < -0.3 is 5.32 Å². The largest absolute Gasteiger partial charge is 0.366 e. The zero-order chi connectivity index (χ0) is 12.3. The van der Waals surface area contributed by atoms with Gasteiger partial charge in [-0.05, 0) is 36.2 Å². The molecule has 1 heterocycles. The van der Waals surface area contributed by atoms with E-state index in [-0.39, 0.29) is 5.28 Å². The van der Waals surface area contributed by atoms with Crippen molar-refractivity contribution in [1.29, 1.82) is 0 Å². The van der Waals surface area contributed by atoms with Crippen molar-refractivity contribution in [3.8, 4) is 0 Å². The maximum Gasteiger partial charge on any atom is 0.224 e. The predicted octanol–water partition coefficient (Wildman–Crippen LogP) is 3.81. The zero-order valence-corrected chi connectivity index (χ0v) is 11.6. The molecule has 1 N–H and O–H groups in total. The second kappa shape index (κ2) is 5.47. The summed E-state index contributed by atoms with van der Waals surface area (Å²) in [6.07, 6.45) is 0. The zero-order valence-electron chi connectivity index (χ0n) is 9.24. The van der Waals surface area contributed by atoms with Gasteiger partial charge in [-0.25, -0.2) is 9.97 Å². The minimum atomic E-state index is 0.266. The Morgan fingerprint density at radius 1 is 1.29 bits per heavy atom. The minimum absolute atomic E-state index is 0.266. The minimum Gasteiger partial charge on any atom is -0.366 e. The molecule has 0 saturated carbocycles. The molecule has 0 amide bonds. The number of nitrogens with zero attached hydrogens (tertiary/aromatic N) is 2. The highest BCUT2D eigenvalue weighted by Crippen LogP contribution is 2.14. The number of nitrogens with one attached hydrogen (secondary N) is 1. The van der Waals surface area contributed by atoms with E-state index in [1.807, 2.05) is 31.2 Å². The van der Waals surface area contributed by atoms with Gasteiger partial charge in [0.2, 0.25) is 5.28 Å². The van der Waals surface area contributed by atoms with Gasteiger partial charge in [0.1, 0.15) is 5.82 Å². The van der Waals surface area contributed by atoms with Gasteiger partial charge >= 0.3 is 0 Å². The summed E-state index contributed by atoms with van der Waals surface area (Å²) in [7, 11) is 0. The molecular formula is C12H11BrClN3. The number of benzene rings is 1. The molecule has 17 heavy (non-hydrogen) atoms. The molecule has 5 heteroatoms. The average molecular weight is 313 g/mol. The highest BCUT2D eigenvalue weighted by atomic mass is 79.9. The lowest BCUT2D eigenvalue weighted by molar-refractivity contribution is 1.05. The number of hydrogen-bond acceptors (Lipinski definition) is 3. The monoisotopic (exact) mass is 311 g/mol. The van der Waals surface area contributed by atoms with Crippen LogP contribution in [0.4, 0.5) is 5.82 Å². The molecule has 0 aliphatic carbocycles. The molecular weight excluding hydrogens is 302 g/mol. The molecule has 0 spiro atoms. The number of anilines is 1. The number of aryl methyl sites for hydroxylation is 1. The van der Waals surface area contributed by atoms with Crippen LogP contribution in [0.2, 0.25) is 5.28 Å². The van der Waals surface area contributed by atoms with Crippen LogP contribution in [-0.4, -0.2) is 9.97 Å². The maximum absolute atomic E-state index is 5.79. The second-order valence-electron chi connectivity index (χ2n) is 3.65. The third-order valence-electron chi connectivity index (χ3n) is 2.19. The van der Waals surface area contributed by atoms with Crippen LogP contribution < -0.4 is 5.32 Å². The SMILES string of the molecule is Cc1cc(NCc2cccc(Br)c2)nc(Cl)n1.